The van der Waals surface area contributed by atoms with Gasteiger partial charge in [-0.2, -0.15) is 0 Å². The highest BCUT2D eigenvalue weighted by atomic mass is 15.2. The Balaban J connectivity index is 1.39. The average Bonchev–Trinajstić information content (AvgIpc) is 3.66. The Morgan fingerprint density at radius 2 is 1.21 bits per heavy atom. The van der Waals surface area contributed by atoms with E-state index in [-0.39, 0.29) is 0 Å². The van der Waals surface area contributed by atoms with Crippen LogP contribution in [0.2, 0.25) is 0 Å². The van der Waals surface area contributed by atoms with Crippen molar-refractivity contribution in [1.29, 1.82) is 0 Å². The van der Waals surface area contributed by atoms with Crippen molar-refractivity contribution >= 4 is 32.7 Å². The van der Waals surface area contributed by atoms with Gasteiger partial charge in [0.25, 0.3) is 0 Å². The molecule has 1 aliphatic carbocycles. The van der Waals surface area contributed by atoms with Crippen LogP contribution >= 0.6 is 0 Å². The summed E-state index contributed by atoms with van der Waals surface area (Å²) in [5.41, 5.74) is 11.4. The number of nitrogens with zero attached hydrogens (tertiary/aromatic N) is 4. The van der Waals surface area contributed by atoms with E-state index in [0.717, 1.165) is 38.9 Å². The zero-order valence-electron chi connectivity index (χ0n) is 26.0. The molecule has 1 aliphatic rings. The van der Waals surface area contributed by atoms with Crippen LogP contribution in [0.15, 0.2) is 170 Å². The first-order valence-corrected chi connectivity index (χ1v) is 16.3. The molecule has 0 N–H and O–H groups in total. The number of benzene rings is 6. The number of hydrogen-bond acceptors (Lipinski definition) is 3. The minimum absolute atomic E-state index is 0.608. The molecule has 0 saturated carbocycles. The van der Waals surface area contributed by atoms with Crippen LogP contribution in [-0.4, -0.2) is 19.5 Å². The van der Waals surface area contributed by atoms with Gasteiger partial charge in [0.2, 0.25) is 5.95 Å². The van der Waals surface area contributed by atoms with Gasteiger partial charge in [-0.3, -0.25) is 9.55 Å². The van der Waals surface area contributed by atoms with Crippen LogP contribution in [0.1, 0.15) is 22.4 Å². The van der Waals surface area contributed by atoms with Crippen molar-refractivity contribution in [1.82, 2.24) is 19.5 Å². The summed E-state index contributed by atoms with van der Waals surface area (Å²) < 4.78 is 2.29. The monoisotopic (exact) mass is 612 g/mol. The van der Waals surface area contributed by atoms with Crippen LogP contribution in [0, 0.1) is 0 Å². The lowest BCUT2D eigenvalue weighted by atomic mass is 9.70. The summed E-state index contributed by atoms with van der Waals surface area (Å²) in [7, 11) is 0. The van der Waals surface area contributed by atoms with Crippen LogP contribution in [0.4, 0.5) is 0 Å². The van der Waals surface area contributed by atoms with E-state index in [9.17, 15) is 0 Å². The van der Waals surface area contributed by atoms with Gasteiger partial charge < -0.3 is 0 Å². The van der Waals surface area contributed by atoms with Crippen LogP contribution in [-0.2, 0) is 5.41 Å². The van der Waals surface area contributed by atoms with Crippen molar-refractivity contribution in [2.24, 2.45) is 0 Å². The van der Waals surface area contributed by atoms with Crippen LogP contribution in [0.5, 0.6) is 0 Å². The molecule has 48 heavy (non-hydrogen) atoms. The first kappa shape index (κ1) is 26.8. The molecule has 0 aliphatic heterocycles. The van der Waals surface area contributed by atoms with E-state index < -0.39 is 5.41 Å². The molecule has 4 heteroatoms. The van der Waals surface area contributed by atoms with E-state index in [4.69, 9.17) is 15.0 Å². The second kappa shape index (κ2) is 10.3. The summed E-state index contributed by atoms with van der Waals surface area (Å²) >= 11 is 0. The average molecular weight is 613 g/mol. The standard InChI is InChI=1S/C44H28N4/c1-3-15-29(16-4-1)41-34-21-8-11-23-37(34)46-43(47-41)48-38-24-12-9-19-31(38)32-26-27-36-40(42(32)48)33-20-7-10-22-35(33)44(36,30-17-5-2-6-18-30)39-25-13-14-28-45-39/h1-28H. The van der Waals surface area contributed by atoms with Crippen molar-refractivity contribution in [2.45, 2.75) is 5.41 Å². The predicted octanol–water partition coefficient (Wildman–Crippen LogP) is 10.2. The van der Waals surface area contributed by atoms with Gasteiger partial charge in [0.1, 0.15) is 0 Å². The summed E-state index contributed by atoms with van der Waals surface area (Å²) in [4.78, 5) is 15.7. The molecule has 0 fully saturated rings. The Labute approximate surface area is 277 Å². The molecule has 0 radical (unpaired) electrons. The van der Waals surface area contributed by atoms with Crippen molar-refractivity contribution in [3.8, 4) is 28.3 Å². The van der Waals surface area contributed by atoms with Crippen molar-refractivity contribution < 1.29 is 0 Å². The third-order valence-corrected chi connectivity index (χ3v) is 9.94. The van der Waals surface area contributed by atoms with E-state index in [1.165, 1.54) is 38.6 Å². The molecule has 3 aromatic heterocycles. The molecule has 0 amide bonds. The van der Waals surface area contributed by atoms with Gasteiger partial charge >= 0.3 is 0 Å². The Morgan fingerprint density at radius 1 is 0.500 bits per heavy atom. The topological polar surface area (TPSA) is 43.6 Å². The van der Waals surface area contributed by atoms with Gasteiger partial charge in [0, 0.05) is 33.5 Å². The second-order valence-corrected chi connectivity index (χ2v) is 12.4. The zero-order valence-corrected chi connectivity index (χ0v) is 26.0. The zero-order chi connectivity index (χ0) is 31.7. The van der Waals surface area contributed by atoms with Gasteiger partial charge in [-0.05, 0) is 46.5 Å². The van der Waals surface area contributed by atoms with Crippen LogP contribution in [0.3, 0.4) is 0 Å². The Kier molecular flexibility index (Phi) is 5.75. The van der Waals surface area contributed by atoms with E-state index in [0.29, 0.717) is 5.95 Å². The summed E-state index contributed by atoms with van der Waals surface area (Å²) in [6.07, 6.45) is 1.91. The molecule has 6 aromatic carbocycles. The SMILES string of the molecule is c1ccc(-c2nc(-n3c4ccccc4c4ccc5c(c43)-c3ccccc3C5(c3ccccc3)c3ccccn3)nc3ccccc23)cc1. The predicted molar refractivity (Wildman–Crippen MR) is 194 cm³/mol. The van der Waals surface area contributed by atoms with Gasteiger partial charge in [-0.15, -0.1) is 0 Å². The van der Waals surface area contributed by atoms with Gasteiger partial charge in [0.15, 0.2) is 0 Å². The molecule has 0 saturated heterocycles. The molecule has 10 rings (SSSR count). The molecule has 0 bridgehead atoms. The second-order valence-electron chi connectivity index (χ2n) is 12.4. The number of aromatic nitrogens is 4. The first-order valence-electron chi connectivity index (χ1n) is 16.3. The highest BCUT2D eigenvalue weighted by molar-refractivity contribution is 6.16. The lowest BCUT2D eigenvalue weighted by Gasteiger charge is -2.32. The van der Waals surface area contributed by atoms with E-state index in [1.54, 1.807) is 0 Å². The van der Waals surface area contributed by atoms with Crippen molar-refractivity contribution in [2.75, 3.05) is 0 Å². The fourth-order valence-corrected chi connectivity index (χ4v) is 8.01. The molecule has 3 heterocycles. The molecule has 1 unspecified atom stereocenters. The summed E-state index contributed by atoms with van der Waals surface area (Å²) in [5.74, 6) is 0.652. The van der Waals surface area contributed by atoms with E-state index in [1.807, 2.05) is 18.3 Å². The number of para-hydroxylation sites is 2. The smallest absolute Gasteiger partial charge is 0.235 e. The minimum Gasteiger partial charge on any atom is -0.277 e. The Bertz CT molecular complexity index is 2620. The fourth-order valence-electron chi connectivity index (χ4n) is 8.01. The summed E-state index contributed by atoms with van der Waals surface area (Å²) in [5, 5.41) is 3.37. The quantitative estimate of drug-likeness (QED) is 0.199. The number of rotatable bonds is 4. The molecule has 9 aromatic rings. The minimum atomic E-state index is -0.608. The maximum Gasteiger partial charge on any atom is 0.235 e. The van der Waals surface area contributed by atoms with E-state index >= 15 is 0 Å². The van der Waals surface area contributed by atoms with E-state index in [2.05, 4.69) is 156 Å². The highest BCUT2D eigenvalue weighted by Crippen LogP contribution is 2.58. The van der Waals surface area contributed by atoms with Gasteiger partial charge in [0.05, 0.1) is 33.4 Å². The summed E-state index contributed by atoms with van der Waals surface area (Å²) in [6, 6.07) is 57.9. The molecule has 4 nitrogen and oxygen atoms in total. The van der Waals surface area contributed by atoms with Crippen LogP contribution in [0.25, 0.3) is 61.0 Å². The molecule has 224 valence electrons. The largest absolute Gasteiger partial charge is 0.277 e. The maximum atomic E-state index is 5.39. The lowest BCUT2D eigenvalue weighted by molar-refractivity contribution is 0.735. The third kappa shape index (κ3) is 3.63. The molecule has 0 spiro atoms. The molecular weight excluding hydrogens is 585 g/mol. The molecule has 1 atom stereocenters. The van der Waals surface area contributed by atoms with Crippen molar-refractivity contribution in [3.63, 3.8) is 0 Å². The van der Waals surface area contributed by atoms with Crippen molar-refractivity contribution in [3.05, 3.63) is 192 Å². The normalized spacial score (nSPS) is 15.2. The van der Waals surface area contributed by atoms with Crippen LogP contribution < -0.4 is 0 Å². The molecular formula is C44H28N4. The number of pyridine rings is 1. The van der Waals surface area contributed by atoms with Gasteiger partial charge in [-0.25, -0.2) is 9.97 Å². The third-order valence-electron chi connectivity index (χ3n) is 9.94. The number of hydrogen-bond donors (Lipinski definition) is 0. The van der Waals surface area contributed by atoms with Gasteiger partial charge in [-0.1, -0.05) is 140 Å². The lowest BCUT2D eigenvalue weighted by Crippen LogP contribution is -2.29. The highest BCUT2D eigenvalue weighted by Gasteiger charge is 2.48. The Morgan fingerprint density at radius 3 is 2.04 bits per heavy atom. The fraction of sp³-hybridized carbons (Fsp3) is 0.0227. The Hall–Kier alpha value is -6.39. The summed E-state index contributed by atoms with van der Waals surface area (Å²) in [6.45, 7) is 0. The maximum absolute atomic E-state index is 5.39. The first-order chi connectivity index (χ1) is 23.8. The number of fused-ring (bicyclic) bond motifs is 8.